The Bertz CT molecular complexity index is 433. The summed E-state index contributed by atoms with van der Waals surface area (Å²) in [5, 5.41) is 0. The van der Waals surface area contributed by atoms with Crippen LogP contribution in [0.15, 0.2) is 24.3 Å². The molecule has 1 aromatic rings. The molecular weight excluding hydrogens is 241 g/mol. The average molecular weight is 263 g/mol. The van der Waals surface area contributed by atoms with Gasteiger partial charge in [-0.3, -0.25) is 4.79 Å². The van der Waals surface area contributed by atoms with Gasteiger partial charge in [0.25, 0.3) is 0 Å². The van der Waals surface area contributed by atoms with E-state index in [0.29, 0.717) is 12.3 Å². The van der Waals surface area contributed by atoms with E-state index >= 15 is 0 Å². The summed E-state index contributed by atoms with van der Waals surface area (Å²) in [6.45, 7) is 3.65. The van der Waals surface area contributed by atoms with Gasteiger partial charge < -0.3 is 4.90 Å². The number of nitrogens with zero attached hydrogens (tertiary/aromatic N) is 1. The summed E-state index contributed by atoms with van der Waals surface area (Å²) in [6, 6.07) is 6.98. The molecule has 3 heteroatoms. The molecule has 19 heavy (non-hydrogen) atoms. The number of benzene rings is 1. The molecular formula is C16H22FNO. The monoisotopic (exact) mass is 263 g/mol. The Hall–Kier alpha value is -1.38. The maximum absolute atomic E-state index is 13.5. The number of rotatable bonds is 4. The molecule has 1 fully saturated rings. The lowest BCUT2D eigenvalue weighted by Gasteiger charge is -2.32. The van der Waals surface area contributed by atoms with E-state index in [-0.39, 0.29) is 11.7 Å². The van der Waals surface area contributed by atoms with Crippen LogP contribution in [0.1, 0.15) is 38.2 Å². The number of hydrogen-bond donors (Lipinski definition) is 0. The van der Waals surface area contributed by atoms with Crippen LogP contribution >= 0.6 is 0 Å². The zero-order valence-electron chi connectivity index (χ0n) is 11.6. The summed E-state index contributed by atoms with van der Waals surface area (Å²) in [5.41, 5.74) is 0.793. The molecule has 1 atom stereocenters. The minimum atomic E-state index is -0.111. The van der Waals surface area contributed by atoms with Gasteiger partial charge in [-0.25, -0.2) is 4.39 Å². The minimum absolute atomic E-state index is 0.111. The van der Waals surface area contributed by atoms with Crippen LogP contribution in [-0.4, -0.2) is 23.9 Å². The van der Waals surface area contributed by atoms with Crippen molar-refractivity contribution in [2.24, 2.45) is 5.92 Å². The van der Waals surface area contributed by atoms with E-state index in [2.05, 4.69) is 0 Å². The molecule has 1 aliphatic heterocycles. The van der Waals surface area contributed by atoms with E-state index in [0.717, 1.165) is 44.3 Å². The van der Waals surface area contributed by atoms with Gasteiger partial charge in [-0.05, 0) is 43.2 Å². The molecule has 1 unspecified atom stereocenters. The zero-order chi connectivity index (χ0) is 13.7. The van der Waals surface area contributed by atoms with E-state index in [1.807, 2.05) is 24.0 Å². The first kappa shape index (κ1) is 14.0. The Morgan fingerprint density at radius 3 is 2.95 bits per heavy atom. The van der Waals surface area contributed by atoms with Crippen molar-refractivity contribution in [3.63, 3.8) is 0 Å². The fraction of sp³-hybridized carbons (Fsp3) is 0.562. The summed E-state index contributed by atoms with van der Waals surface area (Å²) < 4.78 is 13.5. The Balaban J connectivity index is 1.86. The third-order valence-electron chi connectivity index (χ3n) is 3.95. The highest BCUT2D eigenvalue weighted by molar-refractivity contribution is 5.75. The van der Waals surface area contributed by atoms with Crippen LogP contribution in [-0.2, 0) is 11.2 Å². The van der Waals surface area contributed by atoms with Crippen LogP contribution in [0.2, 0.25) is 0 Å². The van der Waals surface area contributed by atoms with E-state index in [1.54, 1.807) is 6.07 Å². The maximum Gasteiger partial charge on any atom is 0.222 e. The van der Waals surface area contributed by atoms with Gasteiger partial charge in [-0.1, -0.05) is 25.1 Å². The van der Waals surface area contributed by atoms with Gasteiger partial charge in [0.2, 0.25) is 5.91 Å². The topological polar surface area (TPSA) is 20.3 Å². The van der Waals surface area contributed by atoms with E-state index in [4.69, 9.17) is 0 Å². The molecule has 0 spiro atoms. The fourth-order valence-electron chi connectivity index (χ4n) is 2.81. The average Bonchev–Trinajstić information content (AvgIpc) is 2.46. The maximum atomic E-state index is 13.5. The molecule has 0 aromatic heterocycles. The fourth-order valence-corrected chi connectivity index (χ4v) is 2.81. The summed E-state index contributed by atoms with van der Waals surface area (Å²) in [5.74, 6) is 0.652. The normalized spacial score (nSPS) is 19.5. The zero-order valence-corrected chi connectivity index (χ0v) is 11.6. The van der Waals surface area contributed by atoms with Gasteiger partial charge in [0.05, 0.1) is 0 Å². The second-order valence-electron chi connectivity index (χ2n) is 5.33. The summed E-state index contributed by atoms with van der Waals surface area (Å²) >= 11 is 0. The molecule has 0 aliphatic carbocycles. The number of carbonyl (C=O) groups excluding carboxylic acids is 1. The summed E-state index contributed by atoms with van der Waals surface area (Å²) in [7, 11) is 0. The standard InChI is InChI=1S/C16H22FNO/c1-2-16(19)18-11-5-6-13(12-18)9-10-14-7-3-4-8-15(14)17/h3-4,7-8,13H,2,5-6,9-12H2,1H3. The number of hydrogen-bond acceptors (Lipinski definition) is 1. The first-order valence-electron chi connectivity index (χ1n) is 7.22. The van der Waals surface area contributed by atoms with Gasteiger partial charge in [0, 0.05) is 19.5 Å². The SMILES string of the molecule is CCC(=O)N1CCCC(CCc2ccccc2F)C1. The smallest absolute Gasteiger partial charge is 0.222 e. The predicted octanol–water partition coefficient (Wildman–Crippen LogP) is 3.41. The molecule has 1 heterocycles. The molecule has 104 valence electrons. The van der Waals surface area contributed by atoms with Gasteiger partial charge in [0.15, 0.2) is 0 Å². The highest BCUT2D eigenvalue weighted by Crippen LogP contribution is 2.22. The number of likely N-dealkylation sites (tertiary alicyclic amines) is 1. The molecule has 1 amide bonds. The van der Waals surface area contributed by atoms with Gasteiger partial charge >= 0.3 is 0 Å². The van der Waals surface area contributed by atoms with E-state index in [9.17, 15) is 9.18 Å². The van der Waals surface area contributed by atoms with Crippen molar-refractivity contribution in [1.82, 2.24) is 4.90 Å². The molecule has 0 radical (unpaired) electrons. The van der Waals surface area contributed by atoms with Crippen LogP contribution in [0.5, 0.6) is 0 Å². The number of piperidine rings is 1. The quantitative estimate of drug-likeness (QED) is 0.815. The van der Waals surface area contributed by atoms with Crippen molar-refractivity contribution >= 4 is 5.91 Å². The van der Waals surface area contributed by atoms with Crippen molar-refractivity contribution in [1.29, 1.82) is 0 Å². The molecule has 1 saturated heterocycles. The molecule has 0 saturated carbocycles. The van der Waals surface area contributed by atoms with E-state index in [1.165, 1.54) is 6.07 Å². The summed E-state index contributed by atoms with van der Waals surface area (Å²) in [6.07, 6.45) is 4.55. The number of carbonyl (C=O) groups is 1. The van der Waals surface area contributed by atoms with Crippen molar-refractivity contribution in [3.8, 4) is 0 Å². The van der Waals surface area contributed by atoms with Crippen LogP contribution in [0.3, 0.4) is 0 Å². The lowest BCUT2D eigenvalue weighted by molar-refractivity contribution is -0.132. The molecule has 0 bridgehead atoms. The van der Waals surface area contributed by atoms with Crippen molar-refractivity contribution in [3.05, 3.63) is 35.6 Å². The number of aryl methyl sites for hydroxylation is 1. The molecule has 2 nitrogen and oxygen atoms in total. The third-order valence-corrected chi connectivity index (χ3v) is 3.95. The molecule has 1 aliphatic rings. The third kappa shape index (κ3) is 3.79. The Morgan fingerprint density at radius 2 is 2.21 bits per heavy atom. The van der Waals surface area contributed by atoms with Crippen LogP contribution in [0.25, 0.3) is 0 Å². The van der Waals surface area contributed by atoms with Crippen molar-refractivity contribution in [2.75, 3.05) is 13.1 Å². The Morgan fingerprint density at radius 1 is 1.42 bits per heavy atom. The first-order chi connectivity index (χ1) is 9.20. The largest absolute Gasteiger partial charge is 0.342 e. The van der Waals surface area contributed by atoms with Gasteiger partial charge in [-0.2, -0.15) is 0 Å². The second-order valence-corrected chi connectivity index (χ2v) is 5.33. The highest BCUT2D eigenvalue weighted by Gasteiger charge is 2.22. The highest BCUT2D eigenvalue weighted by atomic mass is 19.1. The molecule has 0 N–H and O–H groups in total. The number of amides is 1. The van der Waals surface area contributed by atoms with Gasteiger partial charge in [-0.15, -0.1) is 0 Å². The van der Waals surface area contributed by atoms with Crippen LogP contribution in [0.4, 0.5) is 4.39 Å². The van der Waals surface area contributed by atoms with Crippen molar-refractivity contribution in [2.45, 2.75) is 39.0 Å². The Kier molecular flexibility index (Phi) is 4.94. The second kappa shape index (κ2) is 6.69. The first-order valence-corrected chi connectivity index (χ1v) is 7.22. The predicted molar refractivity (Wildman–Crippen MR) is 74.3 cm³/mol. The minimum Gasteiger partial charge on any atom is -0.342 e. The molecule has 2 rings (SSSR count). The van der Waals surface area contributed by atoms with Gasteiger partial charge in [0.1, 0.15) is 5.82 Å². The lowest BCUT2D eigenvalue weighted by Crippen LogP contribution is -2.39. The Labute approximate surface area is 114 Å². The number of halogens is 1. The summed E-state index contributed by atoms with van der Waals surface area (Å²) in [4.78, 5) is 13.7. The molecule has 1 aromatic carbocycles. The van der Waals surface area contributed by atoms with Crippen LogP contribution in [0, 0.1) is 11.7 Å². The lowest BCUT2D eigenvalue weighted by atomic mass is 9.91. The van der Waals surface area contributed by atoms with Crippen LogP contribution < -0.4 is 0 Å². The van der Waals surface area contributed by atoms with E-state index < -0.39 is 0 Å². The van der Waals surface area contributed by atoms with Crippen molar-refractivity contribution < 1.29 is 9.18 Å².